The Hall–Kier alpha value is -3.34. The van der Waals surface area contributed by atoms with Gasteiger partial charge in [-0.15, -0.1) is 0 Å². The molecule has 0 spiro atoms. The molecule has 4 nitrogen and oxygen atoms in total. The maximum Gasteiger partial charge on any atom is 0.306 e. The Morgan fingerprint density at radius 1 is 1.06 bits per heavy atom. The van der Waals surface area contributed by atoms with Gasteiger partial charge in [-0.1, -0.05) is 36.4 Å². The molecule has 0 aliphatic carbocycles. The first-order valence-corrected chi connectivity index (χ1v) is 11.7. The summed E-state index contributed by atoms with van der Waals surface area (Å²) in [6.07, 6.45) is 2.68. The van der Waals surface area contributed by atoms with E-state index in [0.29, 0.717) is 25.1 Å². The van der Waals surface area contributed by atoms with Crippen LogP contribution >= 0.6 is 0 Å². The lowest BCUT2D eigenvalue weighted by molar-refractivity contribution is -0.143. The van der Waals surface area contributed by atoms with Gasteiger partial charge >= 0.3 is 5.97 Å². The van der Waals surface area contributed by atoms with Gasteiger partial charge in [-0.3, -0.25) is 4.79 Å². The number of fused-ring (bicyclic) bond motifs is 1. The van der Waals surface area contributed by atoms with Crippen LogP contribution in [-0.2, 0) is 28.9 Å². The van der Waals surface area contributed by atoms with Crippen molar-refractivity contribution in [1.82, 2.24) is 0 Å². The molecule has 1 heterocycles. The van der Waals surface area contributed by atoms with Crippen molar-refractivity contribution in [2.45, 2.75) is 39.2 Å². The summed E-state index contributed by atoms with van der Waals surface area (Å²) < 4.78 is 19.7. The number of benzene rings is 3. The quantitative estimate of drug-likeness (QED) is 0.395. The second kappa shape index (κ2) is 10.5. The molecule has 3 aromatic carbocycles. The number of para-hydroxylation sites is 1. The third-order valence-electron chi connectivity index (χ3n) is 6.20. The molecule has 0 unspecified atom stereocenters. The molecule has 3 aromatic rings. The number of aryl methyl sites for hydroxylation is 1. The molecule has 0 fully saturated rings. The van der Waals surface area contributed by atoms with Crippen LogP contribution in [0.1, 0.15) is 36.5 Å². The summed E-state index contributed by atoms with van der Waals surface area (Å²) in [5, 5.41) is 0. The van der Waals surface area contributed by atoms with Crippen LogP contribution in [0.4, 0.5) is 21.5 Å². The Labute approximate surface area is 195 Å². The third-order valence-corrected chi connectivity index (χ3v) is 6.20. The normalized spacial score (nSPS) is 12.9. The molecule has 172 valence electrons. The fourth-order valence-corrected chi connectivity index (χ4v) is 4.51. The van der Waals surface area contributed by atoms with Crippen molar-refractivity contribution in [1.29, 1.82) is 0 Å². The maximum atomic E-state index is 14.7. The minimum atomic E-state index is -0.295. The Morgan fingerprint density at radius 3 is 2.64 bits per heavy atom. The molecular weight excluding hydrogens is 415 g/mol. The fraction of sp³-hybridized carbons (Fsp3) is 0.321. The van der Waals surface area contributed by atoms with Crippen LogP contribution in [0.25, 0.3) is 0 Å². The Balaban J connectivity index is 1.50. The molecular formula is C28H31FN2O2. The number of carbonyl (C=O) groups excluding carboxylic acids is 1. The summed E-state index contributed by atoms with van der Waals surface area (Å²) in [6.45, 7) is 3.83. The zero-order valence-electron chi connectivity index (χ0n) is 19.4. The van der Waals surface area contributed by atoms with Crippen LogP contribution in [0.2, 0.25) is 0 Å². The van der Waals surface area contributed by atoms with Crippen molar-refractivity contribution in [3.8, 4) is 0 Å². The summed E-state index contributed by atoms with van der Waals surface area (Å²) in [5.41, 5.74) is 6.47. The molecule has 0 radical (unpaired) electrons. The smallest absolute Gasteiger partial charge is 0.306 e. The average Bonchev–Trinajstić information content (AvgIpc) is 2.84. The zero-order valence-corrected chi connectivity index (χ0v) is 19.4. The van der Waals surface area contributed by atoms with E-state index in [1.807, 2.05) is 19.2 Å². The fourth-order valence-electron chi connectivity index (χ4n) is 4.51. The van der Waals surface area contributed by atoms with Crippen LogP contribution in [-0.4, -0.2) is 26.2 Å². The molecule has 0 amide bonds. The molecule has 0 bridgehead atoms. The summed E-state index contributed by atoms with van der Waals surface area (Å²) >= 11 is 0. The Morgan fingerprint density at radius 2 is 1.88 bits per heavy atom. The van der Waals surface area contributed by atoms with E-state index in [1.54, 1.807) is 19.1 Å². The SMILES string of the molecule is CCOC(=O)CCc1ccc(N(C)Cc2cccc3c2CCCN3c2ccccc2)cc1F. The van der Waals surface area contributed by atoms with Crippen LogP contribution in [0.3, 0.4) is 0 Å². The van der Waals surface area contributed by atoms with E-state index in [0.717, 1.165) is 25.1 Å². The number of ether oxygens (including phenoxy) is 1. The lowest BCUT2D eigenvalue weighted by Crippen LogP contribution is -2.26. The Bertz CT molecular complexity index is 1100. The highest BCUT2D eigenvalue weighted by Crippen LogP contribution is 2.36. The van der Waals surface area contributed by atoms with Crippen molar-refractivity contribution >= 4 is 23.0 Å². The van der Waals surface area contributed by atoms with Crippen LogP contribution in [0.15, 0.2) is 66.7 Å². The van der Waals surface area contributed by atoms with Gasteiger partial charge in [-0.05, 0) is 73.2 Å². The summed E-state index contributed by atoms with van der Waals surface area (Å²) in [7, 11) is 1.99. The molecule has 0 saturated heterocycles. The van der Waals surface area contributed by atoms with Crippen molar-refractivity contribution in [2.24, 2.45) is 0 Å². The van der Waals surface area contributed by atoms with Gasteiger partial charge in [0.1, 0.15) is 5.82 Å². The molecule has 0 N–H and O–H groups in total. The number of anilines is 3. The van der Waals surface area contributed by atoms with Gasteiger partial charge in [0.05, 0.1) is 6.61 Å². The topological polar surface area (TPSA) is 32.8 Å². The van der Waals surface area contributed by atoms with Crippen molar-refractivity contribution in [3.05, 3.63) is 89.2 Å². The van der Waals surface area contributed by atoms with Gasteiger partial charge in [-0.2, -0.15) is 0 Å². The van der Waals surface area contributed by atoms with E-state index in [2.05, 4.69) is 52.3 Å². The number of nitrogens with zero attached hydrogens (tertiary/aromatic N) is 2. The number of esters is 1. The average molecular weight is 447 g/mol. The first-order valence-electron chi connectivity index (χ1n) is 11.7. The van der Waals surface area contributed by atoms with E-state index in [1.165, 1.54) is 22.5 Å². The largest absolute Gasteiger partial charge is 0.466 e. The minimum absolute atomic E-state index is 0.189. The first kappa shape index (κ1) is 22.8. The van der Waals surface area contributed by atoms with Gasteiger partial charge in [0.25, 0.3) is 0 Å². The summed E-state index contributed by atoms with van der Waals surface area (Å²) in [5.74, 6) is -0.578. The van der Waals surface area contributed by atoms with Crippen molar-refractivity contribution in [3.63, 3.8) is 0 Å². The van der Waals surface area contributed by atoms with Gasteiger partial charge in [0.15, 0.2) is 0 Å². The minimum Gasteiger partial charge on any atom is -0.466 e. The number of rotatable bonds is 8. The van der Waals surface area contributed by atoms with E-state index in [4.69, 9.17) is 4.74 Å². The highest BCUT2D eigenvalue weighted by atomic mass is 19.1. The summed E-state index contributed by atoms with van der Waals surface area (Å²) in [6, 6.07) is 22.2. The van der Waals surface area contributed by atoms with Gasteiger partial charge in [-0.25, -0.2) is 4.39 Å². The van der Waals surface area contributed by atoms with Gasteiger partial charge in [0, 0.05) is 43.6 Å². The second-order valence-electron chi connectivity index (χ2n) is 8.44. The molecule has 0 aromatic heterocycles. The number of halogens is 1. The summed E-state index contributed by atoms with van der Waals surface area (Å²) in [4.78, 5) is 16.0. The van der Waals surface area contributed by atoms with Crippen molar-refractivity contribution < 1.29 is 13.9 Å². The second-order valence-corrected chi connectivity index (χ2v) is 8.44. The van der Waals surface area contributed by atoms with E-state index in [9.17, 15) is 9.18 Å². The molecule has 0 atom stereocenters. The standard InChI is InChI=1S/C28H31FN2O2/c1-3-33-28(32)17-15-21-14-16-24(19-26(21)29)30(2)20-22-9-7-13-27-25(22)12-8-18-31(27)23-10-5-4-6-11-23/h4-7,9-11,13-14,16,19H,3,8,12,15,17-18,20H2,1-2H3. The number of hydrogen-bond donors (Lipinski definition) is 0. The van der Waals surface area contributed by atoms with Gasteiger partial charge < -0.3 is 14.5 Å². The molecule has 5 heteroatoms. The van der Waals surface area contributed by atoms with Crippen molar-refractivity contribution in [2.75, 3.05) is 30.0 Å². The predicted octanol–water partition coefficient (Wildman–Crippen LogP) is 6.04. The first-order chi connectivity index (χ1) is 16.1. The number of carbonyl (C=O) groups is 1. The molecule has 1 aliphatic rings. The van der Waals surface area contributed by atoms with Crippen LogP contribution in [0.5, 0.6) is 0 Å². The van der Waals surface area contributed by atoms with E-state index in [-0.39, 0.29) is 18.2 Å². The molecule has 0 saturated carbocycles. The predicted molar refractivity (Wildman–Crippen MR) is 132 cm³/mol. The maximum absolute atomic E-state index is 14.7. The molecule has 1 aliphatic heterocycles. The monoisotopic (exact) mass is 446 g/mol. The van der Waals surface area contributed by atoms with E-state index < -0.39 is 0 Å². The highest BCUT2D eigenvalue weighted by Gasteiger charge is 2.21. The van der Waals surface area contributed by atoms with Crippen LogP contribution < -0.4 is 9.80 Å². The Kier molecular flexibility index (Phi) is 7.28. The lowest BCUT2D eigenvalue weighted by Gasteiger charge is -2.33. The number of hydrogen-bond acceptors (Lipinski definition) is 4. The lowest BCUT2D eigenvalue weighted by atomic mass is 9.95. The zero-order chi connectivity index (χ0) is 23.2. The highest BCUT2D eigenvalue weighted by molar-refractivity contribution is 5.70. The molecule has 33 heavy (non-hydrogen) atoms. The van der Waals surface area contributed by atoms with E-state index >= 15 is 0 Å². The molecule has 4 rings (SSSR count). The van der Waals surface area contributed by atoms with Crippen LogP contribution in [0, 0.1) is 5.82 Å². The van der Waals surface area contributed by atoms with Gasteiger partial charge in [0.2, 0.25) is 0 Å². The third kappa shape index (κ3) is 5.36.